The normalized spacial score (nSPS) is 21.1. The van der Waals surface area contributed by atoms with Gasteiger partial charge in [0.2, 0.25) is 0 Å². The van der Waals surface area contributed by atoms with Crippen molar-refractivity contribution >= 4 is 23.4 Å². The molecule has 0 spiro atoms. The van der Waals surface area contributed by atoms with Gasteiger partial charge >= 0.3 is 6.03 Å². The predicted molar refractivity (Wildman–Crippen MR) is 110 cm³/mol. The van der Waals surface area contributed by atoms with E-state index in [9.17, 15) is 14.7 Å². The number of aromatic hydroxyl groups is 1. The second-order valence-corrected chi connectivity index (χ2v) is 8.21. The minimum Gasteiger partial charge on any atom is -0.506 e. The molecule has 152 valence electrons. The van der Waals surface area contributed by atoms with Crippen LogP contribution in [0, 0.1) is 5.92 Å². The number of nitrogens with one attached hydrogen (secondary N) is 2. The SMILES string of the molecule is CCC(=O)C1=C(CCC2CCCCCC2)NC(=O)NC1c1ccc(O)c(Cl)c1. The molecule has 1 saturated carbocycles. The van der Waals surface area contributed by atoms with Crippen LogP contribution in [0.5, 0.6) is 5.75 Å². The molecule has 2 amide bonds. The fourth-order valence-corrected chi connectivity index (χ4v) is 4.48. The van der Waals surface area contributed by atoms with E-state index in [1.165, 1.54) is 44.6 Å². The van der Waals surface area contributed by atoms with E-state index in [4.69, 9.17) is 11.6 Å². The van der Waals surface area contributed by atoms with Gasteiger partial charge in [0, 0.05) is 17.7 Å². The number of phenols is 1. The van der Waals surface area contributed by atoms with Crippen molar-refractivity contribution < 1.29 is 14.7 Å². The van der Waals surface area contributed by atoms with Gasteiger partial charge in [-0.3, -0.25) is 4.79 Å². The molecular formula is C22H29ClN2O3. The number of amides is 2. The number of Topliss-reactive ketones (excluding diaryl/α,β-unsaturated/α-hetero) is 1. The Morgan fingerprint density at radius 3 is 2.57 bits per heavy atom. The van der Waals surface area contributed by atoms with E-state index in [0.29, 0.717) is 29.9 Å². The topological polar surface area (TPSA) is 78.4 Å². The Morgan fingerprint density at radius 2 is 1.93 bits per heavy atom. The smallest absolute Gasteiger partial charge is 0.319 e. The first-order valence-electron chi connectivity index (χ1n) is 10.3. The summed E-state index contributed by atoms with van der Waals surface area (Å²) < 4.78 is 0. The van der Waals surface area contributed by atoms with Crippen molar-refractivity contribution in [2.45, 2.75) is 70.8 Å². The Bertz CT molecular complexity index is 767. The first kappa shape index (κ1) is 20.7. The highest BCUT2D eigenvalue weighted by molar-refractivity contribution is 6.32. The van der Waals surface area contributed by atoms with E-state index >= 15 is 0 Å². The first-order valence-corrected chi connectivity index (χ1v) is 10.7. The molecule has 1 fully saturated rings. The Morgan fingerprint density at radius 1 is 1.21 bits per heavy atom. The molecular weight excluding hydrogens is 376 g/mol. The van der Waals surface area contributed by atoms with E-state index in [1.54, 1.807) is 12.1 Å². The van der Waals surface area contributed by atoms with Gasteiger partial charge in [0.15, 0.2) is 5.78 Å². The molecule has 5 nitrogen and oxygen atoms in total. The van der Waals surface area contributed by atoms with E-state index in [1.807, 2.05) is 6.92 Å². The van der Waals surface area contributed by atoms with E-state index < -0.39 is 6.04 Å². The maximum absolute atomic E-state index is 12.8. The van der Waals surface area contributed by atoms with Gasteiger partial charge in [0.25, 0.3) is 0 Å². The Balaban J connectivity index is 1.89. The summed E-state index contributed by atoms with van der Waals surface area (Å²) in [4.78, 5) is 25.1. The van der Waals surface area contributed by atoms with Crippen LogP contribution in [-0.2, 0) is 4.79 Å². The molecule has 0 bridgehead atoms. The lowest BCUT2D eigenvalue weighted by Crippen LogP contribution is -2.45. The minimum atomic E-state index is -0.552. The molecule has 1 aromatic carbocycles. The van der Waals surface area contributed by atoms with Crippen LogP contribution in [-0.4, -0.2) is 16.9 Å². The number of hydrogen-bond acceptors (Lipinski definition) is 3. The van der Waals surface area contributed by atoms with E-state index in [2.05, 4.69) is 10.6 Å². The number of hydrogen-bond donors (Lipinski definition) is 3. The monoisotopic (exact) mass is 404 g/mol. The summed E-state index contributed by atoms with van der Waals surface area (Å²) in [6, 6.07) is 3.94. The number of rotatable bonds is 6. The summed E-state index contributed by atoms with van der Waals surface area (Å²) in [6.07, 6.45) is 9.66. The average molecular weight is 405 g/mol. The largest absolute Gasteiger partial charge is 0.506 e. The lowest BCUT2D eigenvalue weighted by molar-refractivity contribution is -0.115. The molecule has 1 aromatic rings. The van der Waals surface area contributed by atoms with Crippen molar-refractivity contribution in [2.75, 3.05) is 0 Å². The van der Waals surface area contributed by atoms with Crippen molar-refractivity contribution in [1.29, 1.82) is 0 Å². The number of allylic oxidation sites excluding steroid dienone is 1. The number of urea groups is 1. The maximum Gasteiger partial charge on any atom is 0.319 e. The van der Waals surface area contributed by atoms with Gasteiger partial charge in [-0.1, -0.05) is 63.1 Å². The summed E-state index contributed by atoms with van der Waals surface area (Å²) in [5.41, 5.74) is 2.04. The molecule has 6 heteroatoms. The molecule has 0 saturated heterocycles. The van der Waals surface area contributed by atoms with Crippen molar-refractivity contribution in [2.24, 2.45) is 5.92 Å². The van der Waals surface area contributed by atoms with E-state index in [0.717, 1.165) is 12.1 Å². The lowest BCUT2D eigenvalue weighted by atomic mass is 9.87. The van der Waals surface area contributed by atoms with Crippen molar-refractivity contribution in [3.63, 3.8) is 0 Å². The zero-order chi connectivity index (χ0) is 20.1. The summed E-state index contributed by atoms with van der Waals surface area (Å²) in [5.74, 6) is 0.644. The molecule has 2 aliphatic rings. The van der Waals surface area contributed by atoms with Crippen LogP contribution in [0.4, 0.5) is 4.79 Å². The molecule has 0 aromatic heterocycles. The van der Waals surface area contributed by atoms with Crippen LogP contribution in [0.1, 0.15) is 76.3 Å². The van der Waals surface area contributed by atoms with Gasteiger partial charge in [-0.2, -0.15) is 0 Å². The summed E-state index contributed by atoms with van der Waals surface area (Å²) in [6.45, 7) is 1.83. The lowest BCUT2D eigenvalue weighted by Gasteiger charge is -2.30. The molecule has 3 rings (SSSR count). The Labute approximate surface area is 171 Å². The second-order valence-electron chi connectivity index (χ2n) is 7.81. The van der Waals surface area contributed by atoms with Crippen molar-refractivity contribution in [1.82, 2.24) is 10.6 Å². The quantitative estimate of drug-likeness (QED) is 0.556. The van der Waals surface area contributed by atoms with Gasteiger partial charge < -0.3 is 15.7 Å². The Hall–Kier alpha value is -2.01. The third-order valence-corrected chi connectivity index (χ3v) is 6.16. The molecule has 1 aliphatic heterocycles. The third kappa shape index (κ3) is 4.88. The number of benzene rings is 1. The molecule has 1 heterocycles. The van der Waals surface area contributed by atoms with E-state index in [-0.39, 0.29) is 22.6 Å². The fourth-order valence-electron chi connectivity index (χ4n) is 4.29. The number of ketones is 1. The van der Waals surface area contributed by atoms with Crippen molar-refractivity contribution in [3.8, 4) is 5.75 Å². The molecule has 28 heavy (non-hydrogen) atoms. The summed E-state index contributed by atoms with van der Waals surface area (Å²) >= 11 is 6.07. The van der Waals surface area contributed by atoms with Crippen LogP contribution in [0.15, 0.2) is 29.5 Å². The zero-order valence-electron chi connectivity index (χ0n) is 16.4. The number of halogens is 1. The van der Waals surface area contributed by atoms with Crippen LogP contribution in [0.3, 0.4) is 0 Å². The summed E-state index contributed by atoms with van der Waals surface area (Å²) in [7, 11) is 0. The minimum absolute atomic E-state index is 0.0116. The highest BCUT2D eigenvalue weighted by atomic mass is 35.5. The zero-order valence-corrected chi connectivity index (χ0v) is 17.1. The molecule has 1 atom stereocenters. The van der Waals surface area contributed by atoms with Crippen LogP contribution in [0.25, 0.3) is 0 Å². The third-order valence-electron chi connectivity index (χ3n) is 5.86. The fraction of sp³-hybridized carbons (Fsp3) is 0.545. The molecule has 1 unspecified atom stereocenters. The van der Waals surface area contributed by atoms with Crippen LogP contribution >= 0.6 is 11.6 Å². The second kappa shape index (κ2) is 9.46. The number of carbonyl (C=O) groups is 2. The van der Waals surface area contributed by atoms with Gasteiger partial charge in [-0.25, -0.2) is 4.79 Å². The predicted octanol–water partition coefficient (Wildman–Crippen LogP) is 5.38. The number of carbonyl (C=O) groups excluding carboxylic acids is 2. The Kier molecular flexibility index (Phi) is 7.00. The average Bonchev–Trinajstić information content (AvgIpc) is 2.96. The highest BCUT2D eigenvalue weighted by Crippen LogP contribution is 2.35. The summed E-state index contributed by atoms with van der Waals surface area (Å²) in [5, 5.41) is 15.7. The number of phenolic OH excluding ortho intramolecular Hbond substituents is 1. The van der Waals surface area contributed by atoms with Crippen LogP contribution in [0.2, 0.25) is 5.02 Å². The van der Waals surface area contributed by atoms with Gasteiger partial charge in [0.1, 0.15) is 5.75 Å². The molecule has 0 radical (unpaired) electrons. The molecule has 3 N–H and O–H groups in total. The van der Waals surface area contributed by atoms with Gasteiger partial charge in [-0.05, 0) is 36.5 Å². The van der Waals surface area contributed by atoms with Crippen LogP contribution < -0.4 is 10.6 Å². The standard InChI is InChI=1S/C22H29ClN2O3/c1-2-18(26)20-17(11-9-14-7-5-3-4-6-8-14)24-22(28)25-21(20)15-10-12-19(27)16(23)13-15/h10,12-14,21,27H,2-9,11H2,1H3,(H2,24,25,28). The first-order chi connectivity index (χ1) is 13.5. The highest BCUT2D eigenvalue weighted by Gasteiger charge is 2.32. The maximum atomic E-state index is 12.8. The van der Waals surface area contributed by atoms with Gasteiger partial charge in [0.05, 0.1) is 11.1 Å². The van der Waals surface area contributed by atoms with Gasteiger partial charge in [-0.15, -0.1) is 0 Å². The molecule has 1 aliphatic carbocycles. The van der Waals surface area contributed by atoms with Crippen molar-refractivity contribution in [3.05, 3.63) is 40.1 Å².